The molecule has 1 aromatic heterocycles. The van der Waals surface area contributed by atoms with Crippen LogP contribution in [0.25, 0.3) is 11.3 Å². The van der Waals surface area contributed by atoms with Gasteiger partial charge in [0.2, 0.25) is 0 Å². The minimum atomic E-state index is -4.38. The molecule has 0 bridgehead atoms. The third-order valence-corrected chi connectivity index (χ3v) is 5.07. The third-order valence-electron chi connectivity index (χ3n) is 5.07. The maximum Gasteiger partial charge on any atom is 0.413 e. The van der Waals surface area contributed by atoms with E-state index in [1.54, 1.807) is 24.3 Å². The third kappa shape index (κ3) is 3.50. The highest BCUT2D eigenvalue weighted by atomic mass is 19.4. The van der Waals surface area contributed by atoms with Gasteiger partial charge >= 0.3 is 12.1 Å². The van der Waals surface area contributed by atoms with Gasteiger partial charge in [-0.2, -0.15) is 13.2 Å². The van der Waals surface area contributed by atoms with E-state index in [9.17, 15) is 23.1 Å². The molecule has 0 amide bonds. The summed E-state index contributed by atoms with van der Waals surface area (Å²) in [5, 5.41) is 17.2. The number of rotatable bonds is 5. The average molecular weight is 396 g/mol. The molecule has 0 saturated heterocycles. The van der Waals surface area contributed by atoms with Crippen molar-refractivity contribution < 1.29 is 23.1 Å². The van der Waals surface area contributed by atoms with Gasteiger partial charge in [-0.3, -0.25) is 0 Å². The molecule has 2 aromatic rings. The van der Waals surface area contributed by atoms with Gasteiger partial charge in [0.1, 0.15) is 11.2 Å². The molecule has 0 radical (unpaired) electrons. The number of halogens is 3. The Labute approximate surface area is 160 Å². The topological polar surface area (TPSA) is 94.0 Å². The molecule has 28 heavy (non-hydrogen) atoms. The Bertz CT molecular complexity index is 880. The lowest BCUT2D eigenvalue weighted by molar-refractivity contribution is -0.182. The molecule has 0 aliphatic heterocycles. The summed E-state index contributed by atoms with van der Waals surface area (Å²) in [6.45, 7) is 5.70. The van der Waals surface area contributed by atoms with Gasteiger partial charge < -0.3 is 10.8 Å². The van der Waals surface area contributed by atoms with E-state index < -0.39 is 23.2 Å². The Morgan fingerprint density at radius 2 is 1.79 bits per heavy atom. The summed E-state index contributed by atoms with van der Waals surface area (Å²) in [6, 6.07) is 6.35. The maximum absolute atomic E-state index is 13.2. The highest BCUT2D eigenvalue weighted by Gasteiger charge is 2.66. The van der Waals surface area contributed by atoms with Crippen LogP contribution in [0.1, 0.15) is 45.6 Å². The zero-order valence-corrected chi connectivity index (χ0v) is 15.9. The quantitative estimate of drug-likeness (QED) is 0.804. The molecule has 1 fully saturated rings. The van der Waals surface area contributed by atoms with Crippen molar-refractivity contribution in [1.82, 2.24) is 15.0 Å². The number of carboxylic acid groups (broad SMARTS) is 1. The minimum absolute atomic E-state index is 0.0145. The van der Waals surface area contributed by atoms with Crippen LogP contribution in [-0.2, 0) is 15.9 Å². The van der Waals surface area contributed by atoms with E-state index in [0.717, 1.165) is 4.68 Å². The van der Waals surface area contributed by atoms with E-state index in [0.29, 0.717) is 11.1 Å². The summed E-state index contributed by atoms with van der Waals surface area (Å²) in [6.07, 6.45) is -2.91. The fraction of sp³-hybridized carbons (Fsp3) is 0.526. The highest BCUT2D eigenvalue weighted by molar-refractivity contribution is 5.81. The van der Waals surface area contributed by atoms with Crippen LogP contribution < -0.4 is 5.73 Å². The van der Waals surface area contributed by atoms with Gasteiger partial charge in [0.25, 0.3) is 0 Å². The first kappa shape index (κ1) is 20.3. The lowest BCUT2D eigenvalue weighted by Crippen LogP contribution is -2.47. The second-order valence-corrected chi connectivity index (χ2v) is 8.67. The minimum Gasteiger partial charge on any atom is -0.480 e. The molecule has 6 nitrogen and oxygen atoms in total. The van der Waals surface area contributed by atoms with Crippen LogP contribution in [0.3, 0.4) is 0 Å². The lowest BCUT2D eigenvalue weighted by Gasteiger charge is -2.32. The SMILES string of the molecule is CC(C)(C)CC(N)(C(=O)O)c1ccc(-c2cn(C3(C(F)(F)F)CC3)nn2)cc1. The summed E-state index contributed by atoms with van der Waals surface area (Å²) in [5.41, 5.74) is 3.60. The molecule has 0 spiro atoms. The van der Waals surface area contributed by atoms with Crippen LogP contribution in [0.2, 0.25) is 0 Å². The van der Waals surface area contributed by atoms with Crippen molar-refractivity contribution in [2.75, 3.05) is 0 Å². The number of carboxylic acids is 1. The lowest BCUT2D eigenvalue weighted by atomic mass is 9.76. The molecule has 1 aromatic carbocycles. The predicted molar refractivity (Wildman–Crippen MR) is 96.3 cm³/mol. The monoisotopic (exact) mass is 396 g/mol. The Hall–Kier alpha value is -2.42. The zero-order valence-electron chi connectivity index (χ0n) is 15.9. The van der Waals surface area contributed by atoms with Crippen molar-refractivity contribution >= 4 is 5.97 Å². The van der Waals surface area contributed by atoms with Crippen LogP contribution >= 0.6 is 0 Å². The van der Waals surface area contributed by atoms with E-state index in [1.807, 2.05) is 20.8 Å². The largest absolute Gasteiger partial charge is 0.480 e. The number of nitrogens with two attached hydrogens (primary N) is 1. The van der Waals surface area contributed by atoms with E-state index in [-0.39, 0.29) is 30.4 Å². The van der Waals surface area contributed by atoms with Gasteiger partial charge in [-0.05, 0) is 30.2 Å². The number of hydrogen-bond acceptors (Lipinski definition) is 4. The molecule has 1 saturated carbocycles. The predicted octanol–water partition coefficient (Wildman–Crippen LogP) is 3.67. The molecule has 9 heteroatoms. The van der Waals surface area contributed by atoms with Crippen molar-refractivity contribution in [1.29, 1.82) is 0 Å². The fourth-order valence-electron chi connectivity index (χ4n) is 3.44. The van der Waals surface area contributed by atoms with Crippen LogP contribution in [0, 0.1) is 5.41 Å². The van der Waals surface area contributed by atoms with Gasteiger partial charge in [-0.1, -0.05) is 50.3 Å². The van der Waals surface area contributed by atoms with Crippen LogP contribution in [0.4, 0.5) is 13.2 Å². The van der Waals surface area contributed by atoms with Crippen molar-refractivity contribution in [3.8, 4) is 11.3 Å². The Balaban J connectivity index is 1.89. The molecule has 1 atom stereocenters. The van der Waals surface area contributed by atoms with Crippen molar-refractivity contribution in [2.45, 2.75) is 57.3 Å². The fourth-order valence-corrected chi connectivity index (χ4v) is 3.44. The van der Waals surface area contributed by atoms with Gasteiger partial charge in [0, 0.05) is 5.56 Å². The molecule has 1 aliphatic rings. The van der Waals surface area contributed by atoms with Gasteiger partial charge in [0.15, 0.2) is 5.54 Å². The zero-order chi connectivity index (χ0) is 21.0. The number of aliphatic carboxylic acids is 1. The molecule has 152 valence electrons. The summed E-state index contributed by atoms with van der Waals surface area (Å²) in [4.78, 5) is 11.8. The van der Waals surface area contributed by atoms with Crippen LogP contribution in [-0.4, -0.2) is 32.2 Å². The molecule has 1 aliphatic carbocycles. The first-order valence-electron chi connectivity index (χ1n) is 8.91. The van der Waals surface area contributed by atoms with Crippen molar-refractivity contribution in [3.05, 3.63) is 36.0 Å². The van der Waals surface area contributed by atoms with Gasteiger partial charge in [0.05, 0.1) is 6.20 Å². The summed E-state index contributed by atoms with van der Waals surface area (Å²) < 4.78 is 40.6. The highest BCUT2D eigenvalue weighted by Crippen LogP contribution is 2.55. The van der Waals surface area contributed by atoms with E-state index in [2.05, 4.69) is 10.3 Å². The van der Waals surface area contributed by atoms with Crippen LogP contribution in [0.5, 0.6) is 0 Å². The maximum atomic E-state index is 13.2. The van der Waals surface area contributed by atoms with Crippen molar-refractivity contribution in [3.63, 3.8) is 0 Å². The first-order chi connectivity index (χ1) is 12.8. The smallest absolute Gasteiger partial charge is 0.413 e. The molecule has 3 rings (SSSR count). The Morgan fingerprint density at radius 3 is 2.21 bits per heavy atom. The van der Waals surface area contributed by atoms with E-state index >= 15 is 0 Å². The van der Waals surface area contributed by atoms with Crippen LogP contribution in [0.15, 0.2) is 30.5 Å². The molecule has 3 N–H and O–H groups in total. The molecule has 1 heterocycles. The standard InChI is InChI=1S/C19H23F3N4O2/c1-16(2,3)11-18(23,15(27)28)13-6-4-12(5-7-13)14-10-26(25-24-14)17(8-9-17)19(20,21)22/h4-7,10H,8-9,11,23H2,1-3H3,(H,27,28). The average Bonchev–Trinajstić information content (AvgIpc) is 3.25. The number of hydrogen-bond donors (Lipinski definition) is 2. The number of aromatic nitrogens is 3. The molecule has 1 unspecified atom stereocenters. The van der Waals surface area contributed by atoms with Gasteiger partial charge in [-0.15, -0.1) is 5.10 Å². The second-order valence-electron chi connectivity index (χ2n) is 8.67. The summed E-state index contributed by atoms with van der Waals surface area (Å²) in [7, 11) is 0. The number of alkyl halides is 3. The summed E-state index contributed by atoms with van der Waals surface area (Å²) >= 11 is 0. The van der Waals surface area contributed by atoms with Gasteiger partial charge in [-0.25, -0.2) is 9.48 Å². The molecular formula is C19H23F3N4O2. The normalized spacial score (nSPS) is 18.5. The Morgan fingerprint density at radius 1 is 1.21 bits per heavy atom. The van der Waals surface area contributed by atoms with Crippen molar-refractivity contribution in [2.24, 2.45) is 11.1 Å². The Kier molecular flexibility index (Phi) is 4.57. The second kappa shape index (κ2) is 6.30. The number of nitrogens with zero attached hydrogens (tertiary/aromatic N) is 3. The summed E-state index contributed by atoms with van der Waals surface area (Å²) in [5.74, 6) is -1.14. The first-order valence-corrected chi connectivity index (χ1v) is 8.91. The molecular weight excluding hydrogens is 373 g/mol. The van der Waals surface area contributed by atoms with E-state index in [1.165, 1.54) is 6.20 Å². The number of carbonyl (C=O) groups is 1. The number of benzene rings is 1. The van der Waals surface area contributed by atoms with E-state index in [4.69, 9.17) is 5.73 Å².